The molecule has 180 valence electrons. The average molecular weight is 481 g/mol. The van der Waals surface area contributed by atoms with E-state index in [1.165, 1.54) is 24.5 Å². The molecule has 0 aliphatic carbocycles. The number of rotatable bonds is 7. The lowest BCUT2D eigenvalue weighted by Crippen LogP contribution is -2.25. The fourth-order valence-electron chi connectivity index (χ4n) is 3.82. The van der Waals surface area contributed by atoms with Gasteiger partial charge < -0.3 is 9.30 Å². The molecule has 0 N–H and O–H groups in total. The smallest absolute Gasteiger partial charge is 0.416 e. The zero-order valence-electron chi connectivity index (χ0n) is 18.2. The van der Waals surface area contributed by atoms with Crippen molar-refractivity contribution in [3.8, 4) is 5.88 Å². The normalized spacial score (nSPS) is 14.6. The quantitative estimate of drug-likeness (QED) is 0.469. The first-order valence-electron chi connectivity index (χ1n) is 10.3. The average Bonchev–Trinajstić information content (AvgIpc) is 3.34. The summed E-state index contributed by atoms with van der Waals surface area (Å²) in [4.78, 5) is 18.2. The van der Waals surface area contributed by atoms with E-state index >= 15 is 0 Å². The molecular formula is C22H20F5N5O2. The number of aryl methyl sites for hydroxylation is 1. The molecule has 0 radical (unpaired) electrons. The summed E-state index contributed by atoms with van der Waals surface area (Å²) in [6.07, 6.45) is -5.42. The third-order valence-corrected chi connectivity index (χ3v) is 5.58. The maximum Gasteiger partial charge on any atom is 0.416 e. The predicted octanol–water partition coefficient (Wildman–Crippen LogP) is 4.38. The number of hydrogen-bond acceptors (Lipinski definition) is 5. The van der Waals surface area contributed by atoms with Crippen LogP contribution in [0.5, 0.6) is 5.88 Å². The molecule has 0 unspecified atom stereocenters. The SMILES string of the molecule is C[C@H](Cc1nncn1C)c1cc(OCC(F)F)nc(N2Cc3c(cccc3C(F)(F)F)C2=O)c1. The highest BCUT2D eigenvalue weighted by Crippen LogP contribution is 2.39. The lowest BCUT2D eigenvalue weighted by Gasteiger charge is -2.20. The summed E-state index contributed by atoms with van der Waals surface area (Å²) >= 11 is 0. The second-order valence-corrected chi connectivity index (χ2v) is 7.98. The van der Waals surface area contributed by atoms with Gasteiger partial charge in [-0.2, -0.15) is 18.2 Å². The Balaban J connectivity index is 1.70. The third-order valence-electron chi connectivity index (χ3n) is 5.58. The Hall–Kier alpha value is -3.57. The van der Waals surface area contributed by atoms with E-state index in [1.54, 1.807) is 17.7 Å². The van der Waals surface area contributed by atoms with Crippen molar-refractivity contribution in [1.29, 1.82) is 0 Å². The lowest BCUT2D eigenvalue weighted by molar-refractivity contribution is -0.138. The van der Waals surface area contributed by atoms with Crippen LogP contribution in [0, 0.1) is 0 Å². The van der Waals surface area contributed by atoms with E-state index in [-0.39, 0.29) is 35.3 Å². The molecule has 7 nitrogen and oxygen atoms in total. The molecule has 1 aliphatic heterocycles. The van der Waals surface area contributed by atoms with Gasteiger partial charge in [0.25, 0.3) is 12.3 Å². The molecule has 3 aromatic rings. The topological polar surface area (TPSA) is 73.1 Å². The Morgan fingerprint density at radius 1 is 1.21 bits per heavy atom. The van der Waals surface area contributed by atoms with Gasteiger partial charge in [-0.25, -0.2) is 8.78 Å². The lowest BCUT2D eigenvalue weighted by atomic mass is 9.98. The fourth-order valence-corrected chi connectivity index (χ4v) is 3.82. The molecule has 34 heavy (non-hydrogen) atoms. The van der Waals surface area contributed by atoms with Crippen molar-refractivity contribution in [3.63, 3.8) is 0 Å². The van der Waals surface area contributed by atoms with E-state index < -0.39 is 30.7 Å². The van der Waals surface area contributed by atoms with Crippen LogP contribution in [-0.2, 0) is 26.2 Å². The molecule has 4 rings (SSSR count). The summed E-state index contributed by atoms with van der Waals surface area (Å²) in [6.45, 7) is 0.583. The van der Waals surface area contributed by atoms with E-state index in [0.717, 1.165) is 11.0 Å². The molecule has 0 saturated heterocycles. The van der Waals surface area contributed by atoms with Crippen molar-refractivity contribution in [2.75, 3.05) is 11.5 Å². The van der Waals surface area contributed by atoms with Gasteiger partial charge in [0.1, 0.15) is 18.0 Å². The van der Waals surface area contributed by atoms with E-state index in [0.29, 0.717) is 17.8 Å². The highest BCUT2D eigenvalue weighted by Gasteiger charge is 2.40. The van der Waals surface area contributed by atoms with Gasteiger partial charge in [-0.15, -0.1) is 10.2 Å². The van der Waals surface area contributed by atoms with Gasteiger partial charge >= 0.3 is 6.18 Å². The number of nitrogens with zero attached hydrogens (tertiary/aromatic N) is 5. The van der Waals surface area contributed by atoms with Crippen LogP contribution in [0.3, 0.4) is 0 Å². The van der Waals surface area contributed by atoms with Gasteiger partial charge in [0.2, 0.25) is 5.88 Å². The monoisotopic (exact) mass is 481 g/mol. The molecule has 1 aliphatic rings. The Bertz CT molecular complexity index is 1210. The number of halogens is 5. The maximum absolute atomic E-state index is 13.5. The van der Waals surface area contributed by atoms with E-state index in [1.807, 2.05) is 6.92 Å². The predicted molar refractivity (Wildman–Crippen MR) is 111 cm³/mol. The van der Waals surface area contributed by atoms with Gasteiger partial charge in [0.15, 0.2) is 6.61 Å². The number of benzene rings is 1. The van der Waals surface area contributed by atoms with Gasteiger partial charge in [0, 0.05) is 25.1 Å². The number of carbonyl (C=O) groups is 1. The van der Waals surface area contributed by atoms with Gasteiger partial charge in [-0.3, -0.25) is 9.69 Å². The largest absolute Gasteiger partial charge is 0.472 e. The van der Waals surface area contributed by atoms with Crippen molar-refractivity contribution >= 4 is 11.7 Å². The van der Waals surface area contributed by atoms with E-state index in [9.17, 15) is 26.7 Å². The minimum Gasteiger partial charge on any atom is -0.472 e. The maximum atomic E-state index is 13.5. The van der Waals surface area contributed by atoms with Crippen molar-refractivity contribution in [3.05, 3.63) is 64.7 Å². The first-order chi connectivity index (χ1) is 16.0. The molecule has 1 aromatic carbocycles. The van der Waals surface area contributed by atoms with Crippen LogP contribution in [0.15, 0.2) is 36.7 Å². The van der Waals surface area contributed by atoms with Crippen molar-refractivity contribution < 1.29 is 31.5 Å². The zero-order chi connectivity index (χ0) is 24.6. The Labute approximate surface area is 191 Å². The van der Waals surface area contributed by atoms with E-state index in [2.05, 4.69) is 15.2 Å². The summed E-state index contributed by atoms with van der Waals surface area (Å²) < 4.78 is 72.7. The summed E-state index contributed by atoms with van der Waals surface area (Å²) in [5, 5.41) is 7.85. The number of aromatic nitrogens is 4. The molecular weight excluding hydrogens is 461 g/mol. The first kappa shape index (κ1) is 23.6. The number of amides is 1. The van der Waals surface area contributed by atoms with Crippen LogP contribution in [0.1, 0.15) is 45.7 Å². The molecule has 12 heteroatoms. The molecule has 0 spiro atoms. The first-order valence-corrected chi connectivity index (χ1v) is 10.3. The van der Waals surface area contributed by atoms with Crippen molar-refractivity contribution in [2.24, 2.45) is 7.05 Å². The summed E-state index contributed by atoms with van der Waals surface area (Å²) in [7, 11) is 1.77. The minimum absolute atomic E-state index is 0.0147. The van der Waals surface area contributed by atoms with Crippen LogP contribution >= 0.6 is 0 Å². The highest BCUT2D eigenvalue weighted by molar-refractivity contribution is 6.09. The number of pyridine rings is 1. The van der Waals surface area contributed by atoms with Crippen LogP contribution in [0.4, 0.5) is 27.8 Å². The summed E-state index contributed by atoms with van der Waals surface area (Å²) in [5.41, 5.74) is -0.544. The van der Waals surface area contributed by atoms with Gasteiger partial charge in [0.05, 0.1) is 12.1 Å². The number of hydrogen-bond donors (Lipinski definition) is 0. The number of ether oxygens (including phenoxy) is 1. The van der Waals surface area contributed by atoms with Crippen LogP contribution in [0.2, 0.25) is 0 Å². The van der Waals surface area contributed by atoms with Gasteiger partial charge in [-0.1, -0.05) is 13.0 Å². The molecule has 0 bridgehead atoms. The number of anilines is 1. The minimum atomic E-state index is -4.63. The molecule has 1 amide bonds. The second kappa shape index (κ2) is 8.99. The summed E-state index contributed by atoms with van der Waals surface area (Å²) in [5.74, 6) is -0.352. The van der Waals surface area contributed by atoms with Crippen molar-refractivity contribution in [1.82, 2.24) is 19.7 Å². The fraction of sp³-hybridized carbons (Fsp3) is 0.364. The second-order valence-electron chi connectivity index (χ2n) is 7.98. The highest BCUT2D eigenvalue weighted by atomic mass is 19.4. The Morgan fingerprint density at radius 3 is 2.62 bits per heavy atom. The Kier molecular flexibility index (Phi) is 6.24. The molecule has 3 heterocycles. The molecule has 0 saturated carbocycles. The van der Waals surface area contributed by atoms with Gasteiger partial charge in [-0.05, 0) is 35.2 Å². The standard InChI is InChI=1S/C22H20F5N5O2/c1-12(6-19-30-28-11-31(19)2)13-7-18(29-20(8-13)34-10-17(23)24)32-9-15-14(21(32)33)4-3-5-16(15)22(25,26)27/h3-5,7-8,11-12,17H,6,9-10H2,1-2H3/t12-/m1/s1. The third kappa shape index (κ3) is 4.70. The summed E-state index contributed by atoms with van der Waals surface area (Å²) in [6, 6.07) is 6.43. The van der Waals surface area contributed by atoms with E-state index in [4.69, 9.17) is 4.74 Å². The van der Waals surface area contributed by atoms with Crippen molar-refractivity contribution in [2.45, 2.75) is 38.4 Å². The van der Waals surface area contributed by atoms with Crippen LogP contribution < -0.4 is 9.64 Å². The van der Waals surface area contributed by atoms with Crippen LogP contribution in [-0.4, -0.2) is 38.7 Å². The number of alkyl halides is 5. The number of fused-ring (bicyclic) bond motifs is 1. The number of carbonyl (C=O) groups excluding carboxylic acids is 1. The molecule has 2 aromatic heterocycles. The Morgan fingerprint density at radius 2 is 1.97 bits per heavy atom. The molecule has 0 fully saturated rings. The zero-order valence-corrected chi connectivity index (χ0v) is 18.2. The molecule has 1 atom stereocenters. The van der Waals surface area contributed by atoms with Crippen LogP contribution in [0.25, 0.3) is 0 Å².